The van der Waals surface area contributed by atoms with Gasteiger partial charge in [0.15, 0.2) is 9.84 Å². The first-order chi connectivity index (χ1) is 14.0. The average Bonchev–Trinajstić information content (AvgIpc) is 3.20. The van der Waals surface area contributed by atoms with Crippen molar-refractivity contribution in [2.24, 2.45) is 0 Å². The van der Waals surface area contributed by atoms with E-state index in [1.165, 1.54) is 5.56 Å². The van der Waals surface area contributed by atoms with E-state index in [4.69, 9.17) is 0 Å². The van der Waals surface area contributed by atoms with Gasteiger partial charge in [-0.3, -0.25) is 0 Å². The zero-order chi connectivity index (χ0) is 20.1. The molecule has 2 aliphatic rings. The van der Waals surface area contributed by atoms with Crippen molar-refractivity contribution in [3.8, 4) is 11.1 Å². The molecule has 3 nitrogen and oxygen atoms in total. The molecule has 0 spiro atoms. The van der Waals surface area contributed by atoms with Crippen molar-refractivity contribution in [2.45, 2.75) is 41.9 Å². The molecule has 1 aliphatic heterocycles. The van der Waals surface area contributed by atoms with Crippen LogP contribution in [0.5, 0.6) is 0 Å². The van der Waals surface area contributed by atoms with E-state index in [9.17, 15) is 8.42 Å². The van der Waals surface area contributed by atoms with Crippen molar-refractivity contribution in [2.75, 3.05) is 6.54 Å². The van der Waals surface area contributed by atoms with Crippen LogP contribution in [0.25, 0.3) is 11.1 Å². The van der Waals surface area contributed by atoms with Crippen LogP contribution in [0.15, 0.2) is 77.7 Å². The van der Waals surface area contributed by atoms with Crippen LogP contribution < -0.4 is 5.32 Å². The molecular weight excluding hydrogens is 378 g/mol. The fraction of sp³-hybridized carbons (Fsp3) is 0.280. The van der Waals surface area contributed by atoms with E-state index in [1.54, 1.807) is 12.1 Å². The molecule has 0 saturated carbocycles. The summed E-state index contributed by atoms with van der Waals surface area (Å²) in [5.41, 5.74) is 5.54. The van der Waals surface area contributed by atoms with Crippen LogP contribution in [-0.2, 0) is 21.0 Å². The zero-order valence-electron chi connectivity index (χ0n) is 16.6. The fourth-order valence-electron chi connectivity index (χ4n) is 5.15. The summed E-state index contributed by atoms with van der Waals surface area (Å²) in [6.45, 7) is 2.71. The molecule has 1 fully saturated rings. The lowest BCUT2D eigenvalue weighted by Gasteiger charge is -2.40. The quantitative estimate of drug-likeness (QED) is 0.693. The first-order valence-corrected chi connectivity index (χ1v) is 11.7. The van der Waals surface area contributed by atoms with E-state index < -0.39 is 14.6 Å². The Bertz CT molecular complexity index is 1150. The van der Waals surface area contributed by atoms with Crippen LogP contribution in [-0.4, -0.2) is 21.0 Å². The second-order valence-corrected chi connectivity index (χ2v) is 10.4. The molecule has 0 amide bonds. The van der Waals surface area contributed by atoms with Crippen molar-refractivity contribution < 1.29 is 8.42 Å². The Balaban J connectivity index is 1.68. The van der Waals surface area contributed by atoms with Crippen LogP contribution in [0.2, 0.25) is 0 Å². The maximum Gasteiger partial charge on any atom is 0.189 e. The normalized spacial score (nSPS) is 23.4. The van der Waals surface area contributed by atoms with Crippen LogP contribution in [0, 0.1) is 6.92 Å². The third kappa shape index (κ3) is 2.77. The summed E-state index contributed by atoms with van der Waals surface area (Å²) in [6.07, 6.45) is 2.36. The predicted molar refractivity (Wildman–Crippen MR) is 117 cm³/mol. The van der Waals surface area contributed by atoms with Crippen molar-refractivity contribution in [1.82, 2.24) is 5.32 Å². The number of fused-ring (bicyclic) bond motifs is 3. The Morgan fingerprint density at radius 1 is 0.931 bits per heavy atom. The number of nitrogens with one attached hydrogen (secondary N) is 1. The highest BCUT2D eigenvalue weighted by Crippen LogP contribution is 2.50. The Morgan fingerprint density at radius 3 is 2.45 bits per heavy atom. The predicted octanol–water partition coefficient (Wildman–Crippen LogP) is 4.64. The van der Waals surface area contributed by atoms with E-state index in [1.807, 2.05) is 37.3 Å². The van der Waals surface area contributed by atoms with Gasteiger partial charge in [0, 0.05) is 6.04 Å². The number of sulfone groups is 1. The molecule has 2 unspecified atom stereocenters. The lowest BCUT2D eigenvalue weighted by atomic mass is 9.78. The minimum Gasteiger partial charge on any atom is -0.312 e. The summed E-state index contributed by atoms with van der Waals surface area (Å²) in [5.74, 6) is 0. The summed E-state index contributed by atoms with van der Waals surface area (Å²) in [7, 11) is -3.53. The summed E-state index contributed by atoms with van der Waals surface area (Å²) in [5, 5.41) is 3.49. The van der Waals surface area contributed by atoms with Gasteiger partial charge in [-0.15, -0.1) is 0 Å². The van der Waals surface area contributed by atoms with Gasteiger partial charge in [0.1, 0.15) is 4.75 Å². The Hall–Kier alpha value is -2.43. The number of aryl methyl sites for hydroxylation is 2. The van der Waals surface area contributed by atoms with Gasteiger partial charge >= 0.3 is 0 Å². The van der Waals surface area contributed by atoms with Crippen molar-refractivity contribution in [3.63, 3.8) is 0 Å². The maximum atomic E-state index is 14.0. The van der Waals surface area contributed by atoms with E-state index in [0.717, 1.165) is 41.6 Å². The summed E-state index contributed by atoms with van der Waals surface area (Å²) in [6, 6.07) is 23.9. The highest BCUT2D eigenvalue weighted by Gasteiger charge is 2.56. The maximum absolute atomic E-state index is 14.0. The molecule has 5 rings (SSSR count). The highest BCUT2D eigenvalue weighted by molar-refractivity contribution is 7.92. The molecule has 3 aromatic carbocycles. The second kappa shape index (κ2) is 6.82. The lowest BCUT2D eigenvalue weighted by molar-refractivity contribution is 0.416. The van der Waals surface area contributed by atoms with Gasteiger partial charge in [0.25, 0.3) is 0 Å². The molecule has 1 saturated heterocycles. The van der Waals surface area contributed by atoms with Gasteiger partial charge in [-0.25, -0.2) is 8.42 Å². The molecule has 2 atom stereocenters. The molecule has 3 aromatic rings. The van der Waals surface area contributed by atoms with Gasteiger partial charge < -0.3 is 5.32 Å². The molecule has 29 heavy (non-hydrogen) atoms. The van der Waals surface area contributed by atoms with E-state index >= 15 is 0 Å². The first-order valence-electron chi connectivity index (χ1n) is 10.3. The number of benzene rings is 3. The third-order valence-corrected chi connectivity index (χ3v) is 9.19. The Kier molecular flexibility index (Phi) is 4.37. The largest absolute Gasteiger partial charge is 0.312 e. The highest BCUT2D eigenvalue weighted by atomic mass is 32.2. The molecule has 1 heterocycles. The third-order valence-electron chi connectivity index (χ3n) is 6.63. The molecule has 4 heteroatoms. The Labute approximate surface area is 172 Å². The molecule has 148 valence electrons. The van der Waals surface area contributed by atoms with E-state index in [2.05, 4.69) is 35.6 Å². The number of hydrogen-bond acceptors (Lipinski definition) is 3. The molecule has 1 N–H and O–H groups in total. The zero-order valence-corrected chi connectivity index (χ0v) is 17.4. The SMILES string of the molecule is Cc1ccc(S(=O)(=O)C23CCNC2CCc2cc(-c4ccccc4)ccc23)cc1. The smallest absolute Gasteiger partial charge is 0.189 e. The van der Waals surface area contributed by atoms with Gasteiger partial charge in [-0.05, 0) is 67.1 Å². The van der Waals surface area contributed by atoms with E-state index in [-0.39, 0.29) is 6.04 Å². The lowest BCUT2D eigenvalue weighted by Crippen LogP contribution is -2.49. The topological polar surface area (TPSA) is 46.2 Å². The van der Waals surface area contributed by atoms with Gasteiger partial charge in [0.05, 0.1) is 4.90 Å². The van der Waals surface area contributed by atoms with Crippen molar-refractivity contribution >= 4 is 9.84 Å². The van der Waals surface area contributed by atoms with Crippen LogP contribution >= 0.6 is 0 Å². The molecule has 0 bridgehead atoms. The summed E-state index contributed by atoms with van der Waals surface area (Å²) >= 11 is 0. The molecule has 0 radical (unpaired) electrons. The van der Waals surface area contributed by atoms with Gasteiger partial charge in [0.2, 0.25) is 0 Å². The van der Waals surface area contributed by atoms with Crippen molar-refractivity contribution in [1.29, 1.82) is 0 Å². The van der Waals surface area contributed by atoms with E-state index in [0.29, 0.717) is 11.3 Å². The molecular formula is C25H25NO2S. The van der Waals surface area contributed by atoms with Crippen LogP contribution in [0.1, 0.15) is 29.5 Å². The summed E-state index contributed by atoms with van der Waals surface area (Å²) < 4.78 is 27.1. The molecule has 1 aliphatic carbocycles. The van der Waals surface area contributed by atoms with Gasteiger partial charge in [-0.2, -0.15) is 0 Å². The Morgan fingerprint density at radius 2 is 1.69 bits per heavy atom. The second-order valence-electron chi connectivity index (χ2n) is 8.24. The van der Waals surface area contributed by atoms with Crippen LogP contribution in [0.3, 0.4) is 0 Å². The summed E-state index contributed by atoms with van der Waals surface area (Å²) in [4.78, 5) is 0.428. The number of hydrogen-bond donors (Lipinski definition) is 1. The fourth-order valence-corrected chi connectivity index (χ4v) is 7.50. The standard InChI is InChI=1S/C25H25NO2S/c1-18-7-11-22(12-8-18)29(27,28)25-15-16-26-24(25)14-10-21-17-20(9-13-23(21)25)19-5-3-2-4-6-19/h2-9,11-13,17,24,26H,10,14-16H2,1H3. The minimum absolute atomic E-state index is 0.0381. The number of rotatable bonds is 3. The van der Waals surface area contributed by atoms with Crippen LogP contribution in [0.4, 0.5) is 0 Å². The average molecular weight is 404 g/mol. The monoisotopic (exact) mass is 403 g/mol. The first kappa shape index (κ1) is 18.6. The minimum atomic E-state index is -3.53. The van der Waals surface area contributed by atoms with Gasteiger partial charge in [-0.1, -0.05) is 66.2 Å². The van der Waals surface area contributed by atoms with Crippen molar-refractivity contribution in [3.05, 3.63) is 89.5 Å². The molecule has 0 aromatic heterocycles.